The van der Waals surface area contributed by atoms with E-state index in [2.05, 4.69) is 0 Å². The van der Waals surface area contributed by atoms with Gasteiger partial charge in [0.1, 0.15) is 0 Å². The molecule has 1 N–H and O–H groups in total. The number of sulfonamides is 1. The fraction of sp³-hybridized carbons (Fsp3) is 1.00. The van der Waals surface area contributed by atoms with Crippen molar-refractivity contribution in [3.8, 4) is 0 Å². The highest BCUT2D eigenvalue weighted by molar-refractivity contribution is 7.89. The molecule has 3 atom stereocenters. The van der Waals surface area contributed by atoms with Crippen LogP contribution < -0.4 is 0 Å². The van der Waals surface area contributed by atoms with Crippen LogP contribution in [0.1, 0.15) is 44.9 Å². The Kier molecular flexibility index (Phi) is 4.79. The first-order valence-electron chi connectivity index (χ1n) is 6.91. The summed E-state index contributed by atoms with van der Waals surface area (Å²) in [5.41, 5.74) is 0. The minimum absolute atomic E-state index is 0.153. The van der Waals surface area contributed by atoms with Crippen molar-refractivity contribution in [2.45, 2.75) is 62.8 Å². The quantitative estimate of drug-likeness (QED) is 0.866. The maximum atomic E-state index is 12.7. The molecular formula is C12H21F2NO3S. The monoisotopic (exact) mass is 297 g/mol. The van der Waals surface area contributed by atoms with Crippen molar-refractivity contribution in [3.63, 3.8) is 0 Å². The predicted molar refractivity (Wildman–Crippen MR) is 67.2 cm³/mol. The molecule has 2 fully saturated rings. The lowest BCUT2D eigenvalue weighted by Gasteiger charge is -2.42. The van der Waals surface area contributed by atoms with Crippen molar-refractivity contribution in [3.05, 3.63) is 0 Å². The molecule has 1 aliphatic carbocycles. The molecule has 1 aliphatic heterocycles. The van der Waals surface area contributed by atoms with Crippen LogP contribution in [0.2, 0.25) is 0 Å². The SMILES string of the molecule is O=S(=O)(C(F)F)N1CCCCC1C1CCCCC1O. The van der Waals surface area contributed by atoms with Gasteiger partial charge in [-0.1, -0.05) is 19.3 Å². The van der Waals surface area contributed by atoms with E-state index in [-0.39, 0.29) is 12.5 Å². The van der Waals surface area contributed by atoms with E-state index < -0.39 is 27.9 Å². The first kappa shape index (κ1) is 15.1. The van der Waals surface area contributed by atoms with Gasteiger partial charge in [0.15, 0.2) is 0 Å². The second-order valence-corrected chi connectivity index (χ2v) is 7.35. The minimum atomic E-state index is -4.53. The molecule has 112 valence electrons. The Balaban J connectivity index is 2.20. The van der Waals surface area contributed by atoms with E-state index in [0.717, 1.165) is 30.0 Å². The number of hydrogen-bond donors (Lipinski definition) is 1. The van der Waals surface area contributed by atoms with Crippen LogP contribution in [-0.4, -0.2) is 42.3 Å². The van der Waals surface area contributed by atoms with E-state index in [9.17, 15) is 22.3 Å². The van der Waals surface area contributed by atoms with Crippen LogP contribution in [0.25, 0.3) is 0 Å². The maximum absolute atomic E-state index is 12.7. The summed E-state index contributed by atoms with van der Waals surface area (Å²) in [4.78, 5) is 0. The predicted octanol–water partition coefficient (Wildman–Crippen LogP) is 1.94. The van der Waals surface area contributed by atoms with Gasteiger partial charge in [-0.2, -0.15) is 13.1 Å². The zero-order valence-electron chi connectivity index (χ0n) is 10.8. The molecule has 0 aromatic carbocycles. The molecule has 0 bridgehead atoms. The van der Waals surface area contributed by atoms with Gasteiger partial charge in [-0.25, -0.2) is 8.42 Å². The highest BCUT2D eigenvalue weighted by Crippen LogP contribution is 2.36. The largest absolute Gasteiger partial charge is 0.393 e. The fourth-order valence-corrected chi connectivity index (χ4v) is 4.59. The van der Waals surface area contributed by atoms with Crippen LogP contribution in [-0.2, 0) is 10.0 Å². The lowest BCUT2D eigenvalue weighted by molar-refractivity contribution is 0.0185. The second-order valence-electron chi connectivity index (χ2n) is 5.50. The number of aliphatic hydroxyl groups is 1. The zero-order chi connectivity index (χ0) is 14.0. The number of alkyl halides is 2. The molecule has 0 aromatic rings. The Labute approximate surface area is 112 Å². The van der Waals surface area contributed by atoms with Crippen LogP contribution in [0.15, 0.2) is 0 Å². The molecule has 2 aliphatic rings. The molecule has 4 nitrogen and oxygen atoms in total. The molecular weight excluding hydrogens is 276 g/mol. The van der Waals surface area contributed by atoms with E-state index in [1.807, 2.05) is 0 Å². The summed E-state index contributed by atoms with van der Waals surface area (Å²) >= 11 is 0. The number of aliphatic hydroxyl groups excluding tert-OH is 1. The Morgan fingerprint density at radius 2 is 1.68 bits per heavy atom. The van der Waals surface area contributed by atoms with Gasteiger partial charge in [0, 0.05) is 18.5 Å². The third kappa shape index (κ3) is 3.08. The molecule has 0 radical (unpaired) electrons. The average Bonchev–Trinajstić information content (AvgIpc) is 2.39. The van der Waals surface area contributed by atoms with Crippen LogP contribution >= 0.6 is 0 Å². The molecule has 0 aromatic heterocycles. The van der Waals surface area contributed by atoms with Gasteiger partial charge in [0.05, 0.1) is 6.10 Å². The summed E-state index contributed by atoms with van der Waals surface area (Å²) in [6.07, 6.45) is 4.69. The molecule has 1 saturated carbocycles. The Bertz CT molecular complexity index is 402. The number of piperidine rings is 1. The molecule has 2 rings (SSSR count). The van der Waals surface area contributed by atoms with Gasteiger partial charge in [-0.05, 0) is 25.7 Å². The van der Waals surface area contributed by atoms with E-state index in [4.69, 9.17) is 0 Å². The Morgan fingerprint density at radius 3 is 2.32 bits per heavy atom. The zero-order valence-corrected chi connectivity index (χ0v) is 11.7. The summed E-state index contributed by atoms with van der Waals surface area (Å²) in [5.74, 6) is -3.56. The number of rotatable bonds is 3. The summed E-state index contributed by atoms with van der Waals surface area (Å²) in [6.45, 7) is 0.153. The molecule has 7 heteroatoms. The minimum Gasteiger partial charge on any atom is -0.393 e. The van der Waals surface area contributed by atoms with Crippen molar-refractivity contribution in [2.75, 3.05) is 6.54 Å². The first-order valence-corrected chi connectivity index (χ1v) is 8.42. The Hall–Kier alpha value is -0.270. The van der Waals surface area contributed by atoms with E-state index in [0.29, 0.717) is 19.3 Å². The van der Waals surface area contributed by atoms with Crippen LogP contribution in [0.3, 0.4) is 0 Å². The smallest absolute Gasteiger partial charge is 0.350 e. The third-order valence-corrected chi connectivity index (χ3v) is 5.88. The van der Waals surface area contributed by atoms with Crippen molar-refractivity contribution in [1.82, 2.24) is 4.31 Å². The van der Waals surface area contributed by atoms with Gasteiger partial charge >= 0.3 is 5.76 Å². The van der Waals surface area contributed by atoms with Gasteiger partial charge in [0.25, 0.3) is 10.0 Å². The number of hydrogen-bond acceptors (Lipinski definition) is 3. The first-order chi connectivity index (χ1) is 8.94. The van der Waals surface area contributed by atoms with E-state index in [1.54, 1.807) is 0 Å². The fourth-order valence-electron chi connectivity index (χ4n) is 3.37. The molecule has 19 heavy (non-hydrogen) atoms. The van der Waals surface area contributed by atoms with E-state index >= 15 is 0 Å². The standard InChI is InChI=1S/C12H21F2NO3S/c13-12(14)19(17,18)15-8-4-3-6-10(15)9-5-1-2-7-11(9)16/h9-12,16H,1-8H2. The van der Waals surface area contributed by atoms with Crippen LogP contribution in [0.5, 0.6) is 0 Å². The summed E-state index contributed by atoms with van der Waals surface area (Å²) < 4.78 is 49.9. The molecule has 0 spiro atoms. The van der Waals surface area contributed by atoms with Gasteiger partial charge in [-0.15, -0.1) is 0 Å². The van der Waals surface area contributed by atoms with Crippen LogP contribution in [0.4, 0.5) is 8.78 Å². The lowest BCUT2D eigenvalue weighted by atomic mass is 9.79. The summed E-state index contributed by atoms with van der Waals surface area (Å²) in [7, 11) is -4.53. The maximum Gasteiger partial charge on any atom is 0.350 e. The van der Waals surface area contributed by atoms with Crippen molar-refractivity contribution in [2.24, 2.45) is 5.92 Å². The molecule has 1 heterocycles. The van der Waals surface area contributed by atoms with Gasteiger partial charge in [0.2, 0.25) is 0 Å². The topological polar surface area (TPSA) is 57.6 Å². The van der Waals surface area contributed by atoms with Gasteiger partial charge in [-0.3, -0.25) is 0 Å². The molecule has 1 saturated heterocycles. The number of nitrogens with zero attached hydrogens (tertiary/aromatic N) is 1. The van der Waals surface area contributed by atoms with Crippen molar-refractivity contribution < 1.29 is 22.3 Å². The van der Waals surface area contributed by atoms with E-state index in [1.165, 1.54) is 0 Å². The normalized spacial score (nSPS) is 34.6. The lowest BCUT2D eigenvalue weighted by Crippen LogP contribution is -2.52. The third-order valence-electron chi connectivity index (χ3n) is 4.33. The van der Waals surface area contributed by atoms with Crippen molar-refractivity contribution in [1.29, 1.82) is 0 Å². The molecule has 0 amide bonds. The number of halogens is 2. The highest BCUT2D eigenvalue weighted by Gasteiger charge is 2.43. The van der Waals surface area contributed by atoms with Crippen molar-refractivity contribution >= 4 is 10.0 Å². The summed E-state index contributed by atoms with van der Waals surface area (Å²) in [6, 6.07) is -0.456. The summed E-state index contributed by atoms with van der Waals surface area (Å²) in [5, 5.41) is 10.0. The Morgan fingerprint density at radius 1 is 1.05 bits per heavy atom. The highest BCUT2D eigenvalue weighted by atomic mass is 32.2. The second kappa shape index (κ2) is 6.01. The van der Waals surface area contributed by atoms with Crippen LogP contribution in [0, 0.1) is 5.92 Å². The average molecular weight is 297 g/mol. The van der Waals surface area contributed by atoms with Gasteiger partial charge < -0.3 is 5.11 Å². The molecule has 3 unspecified atom stereocenters.